The monoisotopic (exact) mass is 668 g/mol. The highest BCUT2D eigenvalue weighted by Crippen LogP contribution is 2.78. The Kier molecular flexibility index (Phi) is 8.83. The predicted octanol–water partition coefficient (Wildman–Crippen LogP) is 9.68. The van der Waals surface area contributed by atoms with Crippen molar-refractivity contribution in [3.63, 3.8) is 0 Å². The molecule has 0 aromatic carbocycles. The summed E-state index contributed by atoms with van der Waals surface area (Å²) in [6.07, 6.45) is 21.7. The molecule has 1 aromatic rings. The summed E-state index contributed by atoms with van der Waals surface area (Å²) in [4.78, 5) is 30.6. The molecule has 1 heterocycles. The first-order chi connectivity index (χ1) is 23.2. The smallest absolute Gasteiger partial charge is 0.335 e. The number of carbonyl (C=O) groups excluding carboxylic acids is 1. The minimum atomic E-state index is -0.806. The molecule has 0 spiro atoms. The molecule has 5 fully saturated rings. The summed E-state index contributed by atoms with van der Waals surface area (Å²) in [7, 11) is 0. The third-order valence-corrected chi connectivity index (χ3v) is 17.2. The molecule has 0 bridgehead atoms. The van der Waals surface area contributed by atoms with Crippen LogP contribution in [0.15, 0.2) is 48.2 Å². The van der Waals surface area contributed by atoms with Crippen LogP contribution in [-0.2, 0) is 16.0 Å². The number of aromatic nitrogens is 1. The second kappa shape index (κ2) is 12.4. The Balaban J connectivity index is 1.13. The van der Waals surface area contributed by atoms with E-state index in [-0.39, 0.29) is 21.7 Å². The van der Waals surface area contributed by atoms with Gasteiger partial charge in [0.25, 0.3) is 0 Å². The van der Waals surface area contributed by atoms with Crippen LogP contribution in [0.25, 0.3) is 0 Å². The third-order valence-electron chi connectivity index (χ3n) is 17.2. The van der Waals surface area contributed by atoms with Gasteiger partial charge in [-0.05, 0) is 152 Å². The fourth-order valence-electron chi connectivity index (χ4n) is 14.7. The number of nitrogens with one attached hydrogen (secondary N) is 1. The molecule has 268 valence electrons. The van der Waals surface area contributed by atoms with Gasteiger partial charge in [-0.2, -0.15) is 0 Å². The van der Waals surface area contributed by atoms with Gasteiger partial charge in [0.1, 0.15) is 0 Å². The van der Waals surface area contributed by atoms with Gasteiger partial charge in [0.05, 0.1) is 11.0 Å². The molecule has 1 aromatic heterocycles. The zero-order valence-electron chi connectivity index (χ0n) is 31.6. The van der Waals surface area contributed by atoms with Crippen LogP contribution in [0.3, 0.4) is 0 Å². The molecular formula is C44H64N2O3. The predicted molar refractivity (Wildman–Crippen MR) is 196 cm³/mol. The van der Waals surface area contributed by atoms with Crippen LogP contribution < -0.4 is 5.32 Å². The summed E-state index contributed by atoms with van der Waals surface area (Å²) in [5, 5.41) is 13.0. The van der Waals surface area contributed by atoms with Crippen LogP contribution in [0.4, 0.5) is 0 Å². The summed E-state index contributed by atoms with van der Waals surface area (Å²) in [6, 6.07) is 6.05. The summed E-state index contributed by atoms with van der Waals surface area (Å²) < 4.78 is 0. The van der Waals surface area contributed by atoms with Gasteiger partial charge in [-0.15, -0.1) is 0 Å². The number of rotatable bonds is 7. The van der Waals surface area contributed by atoms with E-state index in [4.69, 9.17) is 0 Å². The molecule has 1 amide bonds. The zero-order chi connectivity index (χ0) is 35.0. The fraction of sp³-hybridized carbons (Fsp3) is 0.750. The molecule has 11 atom stereocenters. The molecule has 5 nitrogen and oxygen atoms in total. The second-order valence-electron chi connectivity index (χ2n) is 19.3. The average molecular weight is 669 g/mol. The van der Waals surface area contributed by atoms with Gasteiger partial charge >= 0.3 is 5.97 Å². The van der Waals surface area contributed by atoms with Gasteiger partial charge in [0.15, 0.2) is 0 Å². The van der Waals surface area contributed by atoms with Crippen molar-refractivity contribution in [2.75, 3.05) is 6.54 Å². The van der Waals surface area contributed by atoms with Gasteiger partial charge in [0.2, 0.25) is 5.91 Å². The number of pyridine rings is 1. The maximum absolute atomic E-state index is 14.5. The van der Waals surface area contributed by atoms with Crippen molar-refractivity contribution in [1.82, 2.24) is 10.3 Å². The molecule has 7 rings (SSSR count). The number of hydrogen-bond acceptors (Lipinski definition) is 3. The first-order valence-corrected chi connectivity index (χ1v) is 20.0. The summed E-state index contributed by atoms with van der Waals surface area (Å²) >= 11 is 0. The zero-order valence-corrected chi connectivity index (χ0v) is 31.6. The van der Waals surface area contributed by atoms with Crippen LogP contribution in [0.1, 0.15) is 125 Å². The van der Waals surface area contributed by atoms with Gasteiger partial charge in [-0.25, -0.2) is 4.79 Å². The molecule has 49 heavy (non-hydrogen) atoms. The van der Waals surface area contributed by atoms with E-state index >= 15 is 0 Å². The average Bonchev–Trinajstić information content (AvgIpc) is 3.47. The van der Waals surface area contributed by atoms with Crippen molar-refractivity contribution in [1.29, 1.82) is 0 Å². The molecule has 5 heteroatoms. The SMILES string of the molecule is CC(C)[C@@H]1CC[C@]2(C(=O)NCCc3ccccn3)CC[C@]3(C)[C@H](CC[C@@H]4[C@@]5(C)CC[C@H](C6C=CC(C(=O)O)=CC6)C(C)(C)[C@@H]5CC[C@]43C)[C@@H]12. The number of amides is 1. The first kappa shape index (κ1) is 35.0. The van der Waals surface area contributed by atoms with Crippen LogP contribution in [0, 0.1) is 74.4 Å². The minimum Gasteiger partial charge on any atom is -0.478 e. The molecule has 1 unspecified atom stereocenters. The lowest BCUT2D eigenvalue weighted by Gasteiger charge is -2.73. The van der Waals surface area contributed by atoms with E-state index in [1.165, 1.54) is 51.4 Å². The van der Waals surface area contributed by atoms with Crippen molar-refractivity contribution in [3.8, 4) is 0 Å². The highest BCUT2D eigenvalue weighted by atomic mass is 16.4. The van der Waals surface area contributed by atoms with Crippen molar-refractivity contribution < 1.29 is 14.7 Å². The van der Waals surface area contributed by atoms with Gasteiger partial charge in [-0.1, -0.05) is 72.8 Å². The van der Waals surface area contributed by atoms with Crippen LogP contribution in [0.5, 0.6) is 0 Å². The van der Waals surface area contributed by atoms with Gasteiger partial charge in [-0.3, -0.25) is 9.78 Å². The van der Waals surface area contributed by atoms with E-state index < -0.39 is 5.97 Å². The van der Waals surface area contributed by atoms with Crippen molar-refractivity contribution in [2.24, 2.45) is 74.4 Å². The molecule has 2 N–H and O–H groups in total. The largest absolute Gasteiger partial charge is 0.478 e. The van der Waals surface area contributed by atoms with E-state index in [1.807, 2.05) is 30.5 Å². The lowest BCUT2D eigenvalue weighted by atomic mass is 9.31. The third kappa shape index (κ3) is 5.23. The highest BCUT2D eigenvalue weighted by molar-refractivity contribution is 5.90. The van der Waals surface area contributed by atoms with E-state index in [1.54, 1.807) is 0 Å². The Bertz CT molecular complexity index is 1500. The molecule has 6 aliphatic carbocycles. The normalized spacial score (nSPS) is 43.8. The van der Waals surface area contributed by atoms with Crippen LogP contribution in [0.2, 0.25) is 0 Å². The molecular weight excluding hydrogens is 604 g/mol. The first-order valence-electron chi connectivity index (χ1n) is 20.0. The van der Waals surface area contributed by atoms with Crippen molar-refractivity contribution in [2.45, 2.75) is 126 Å². The number of carbonyl (C=O) groups is 2. The minimum absolute atomic E-state index is 0.207. The van der Waals surface area contributed by atoms with Gasteiger partial charge < -0.3 is 10.4 Å². The molecule has 0 saturated heterocycles. The maximum atomic E-state index is 14.5. The lowest BCUT2D eigenvalue weighted by molar-refractivity contribution is -0.244. The number of carboxylic acids is 1. The van der Waals surface area contributed by atoms with Crippen LogP contribution >= 0.6 is 0 Å². The molecule has 0 aliphatic heterocycles. The van der Waals surface area contributed by atoms with E-state index in [9.17, 15) is 14.7 Å². The Morgan fingerprint density at radius 3 is 2.37 bits per heavy atom. The standard InChI is InChI=1S/C44H64N2O3/c1-28(2)32-17-23-44(39(49)46-27-20-31-10-8-9-26-45-31)25-24-42(6)34(37(32)44)15-16-36-41(5)21-18-33(29-11-13-30(14-12-29)38(47)48)40(3,4)35(41)19-22-43(36,42)7/h8-11,13-14,26,28-29,32-37H,12,15-25,27H2,1-7H3,(H,46,49)(H,47,48)/t29?,32-,33+,34+,35-,36+,37+,41-,42+,43+,44-/m0/s1. The number of nitrogens with zero attached hydrogens (tertiary/aromatic N) is 1. The Morgan fingerprint density at radius 2 is 1.69 bits per heavy atom. The number of carboxylic acid groups (broad SMARTS) is 1. The second-order valence-corrected chi connectivity index (χ2v) is 19.3. The van der Waals surface area contributed by atoms with E-state index in [0.717, 1.165) is 31.4 Å². The quantitative estimate of drug-likeness (QED) is 0.303. The Morgan fingerprint density at radius 1 is 0.898 bits per heavy atom. The summed E-state index contributed by atoms with van der Waals surface area (Å²) in [5.74, 6) is 4.22. The molecule has 5 saturated carbocycles. The molecule has 6 aliphatic rings. The van der Waals surface area contributed by atoms with E-state index in [0.29, 0.717) is 70.8 Å². The Hall–Kier alpha value is -2.43. The van der Waals surface area contributed by atoms with Crippen molar-refractivity contribution in [3.05, 3.63) is 53.9 Å². The van der Waals surface area contributed by atoms with Gasteiger partial charge in [0, 0.05) is 24.9 Å². The number of hydrogen-bond donors (Lipinski definition) is 2. The topological polar surface area (TPSA) is 79.3 Å². The number of aliphatic carboxylic acids is 1. The maximum Gasteiger partial charge on any atom is 0.335 e. The Labute approximate surface area is 296 Å². The highest BCUT2D eigenvalue weighted by Gasteiger charge is 2.72. The summed E-state index contributed by atoms with van der Waals surface area (Å²) in [5.41, 5.74) is 2.32. The van der Waals surface area contributed by atoms with E-state index in [2.05, 4.69) is 70.9 Å². The van der Waals surface area contributed by atoms with Crippen LogP contribution in [-0.4, -0.2) is 28.5 Å². The molecule has 0 radical (unpaired) electrons. The number of fused-ring (bicyclic) bond motifs is 7. The lowest BCUT2D eigenvalue weighted by Crippen LogP contribution is -2.67. The fourth-order valence-corrected chi connectivity index (χ4v) is 14.7. The van der Waals surface area contributed by atoms with Crippen molar-refractivity contribution >= 4 is 11.9 Å². The summed E-state index contributed by atoms with van der Waals surface area (Å²) in [6.45, 7) is 18.7. The number of allylic oxidation sites excluding steroid dienone is 2.